The van der Waals surface area contributed by atoms with E-state index in [0.717, 1.165) is 16.3 Å². The van der Waals surface area contributed by atoms with Gasteiger partial charge in [0.2, 0.25) is 5.95 Å². The lowest BCUT2D eigenvalue weighted by Gasteiger charge is -2.33. The fourth-order valence-corrected chi connectivity index (χ4v) is 3.59. The molecule has 0 amide bonds. The number of likely N-dealkylation sites (tertiary alicyclic amines) is 1. The number of anilines is 1. The molecule has 0 unspecified atom stereocenters. The van der Waals surface area contributed by atoms with Crippen molar-refractivity contribution in [3.05, 3.63) is 16.9 Å². The van der Waals surface area contributed by atoms with Gasteiger partial charge in [-0.2, -0.15) is 0 Å². The van der Waals surface area contributed by atoms with E-state index < -0.39 is 0 Å². The van der Waals surface area contributed by atoms with Crippen molar-refractivity contribution in [2.24, 2.45) is 5.92 Å². The molecule has 2 fully saturated rings. The highest BCUT2D eigenvalue weighted by Gasteiger charge is 2.23. The van der Waals surface area contributed by atoms with Crippen LogP contribution in [-0.2, 0) is 0 Å². The van der Waals surface area contributed by atoms with Crippen LogP contribution < -0.4 is 5.32 Å². The first-order valence-corrected chi connectivity index (χ1v) is 8.55. The lowest BCUT2D eigenvalue weighted by molar-refractivity contribution is 0.189. The lowest BCUT2D eigenvalue weighted by atomic mass is 10.0. The highest BCUT2D eigenvalue weighted by molar-refractivity contribution is 9.10. The van der Waals surface area contributed by atoms with Crippen molar-refractivity contribution >= 4 is 21.9 Å². The summed E-state index contributed by atoms with van der Waals surface area (Å²) < 4.78 is 0.925. The van der Waals surface area contributed by atoms with E-state index in [1.807, 2.05) is 0 Å². The number of nitrogens with one attached hydrogen (secondary N) is 1. The number of hydrogen-bond donors (Lipinski definition) is 1. The smallest absolute Gasteiger partial charge is 0.222 e. The number of halogens is 1. The third-order valence-electron chi connectivity index (χ3n) is 4.53. The van der Waals surface area contributed by atoms with E-state index in [1.165, 1.54) is 58.2 Å². The first-order chi connectivity index (χ1) is 9.79. The van der Waals surface area contributed by atoms with E-state index in [4.69, 9.17) is 0 Å². The predicted octanol–water partition coefficient (Wildman–Crippen LogP) is 3.31. The largest absolute Gasteiger partial charge is 0.351 e. The summed E-state index contributed by atoms with van der Waals surface area (Å²) in [4.78, 5) is 11.2. The molecule has 1 aliphatic heterocycles. The predicted molar refractivity (Wildman–Crippen MR) is 84.8 cm³/mol. The van der Waals surface area contributed by atoms with Crippen LogP contribution in [0.4, 0.5) is 5.95 Å². The Balaban J connectivity index is 1.42. The molecule has 0 aromatic carbocycles. The molecule has 1 aromatic rings. The Labute approximate surface area is 129 Å². The Bertz CT molecular complexity index is 408. The van der Waals surface area contributed by atoms with Gasteiger partial charge in [-0.05, 0) is 47.5 Å². The van der Waals surface area contributed by atoms with Crippen molar-refractivity contribution in [3.8, 4) is 0 Å². The number of nitrogens with zero attached hydrogens (tertiary/aromatic N) is 3. The molecule has 1 N–H and O–H groups in total. The Morgan fingerprint density at radius 2 is 1.75 bits per heavy atom. The molecule has 20 heavy (non-hydrogen) atoms. The van der Waals surface area contributed by atoms with Gasteiger partial charge in [0.15, 0.2) is 0 Å². The maximum Gasteiger partial charge on any atom is 0.222 e. The van der Waals surface area contributed by atoms with Gasteiger partial charge >= 0.3 is 0 Å². The Kier molecular flexibility index (Phi) is 4.89. The molecule has 1 aliphatic carbocycles. The summed E-state index contributed by atoms with van der Waals surface area (Å²) >= 11 is 3.36. The second-order valence-electron chi connectivity index (χ2n) is 6.09. The van der Waals surface area contributed by atoms with Gasteiger partial charge in [-0.1, -0.05) is 12.8 Å². The van der Waals surface area contributed by atoms with Crippen molar-refractivity contribution in [2.75, 3.05) is 25.0 Å². The van der Waals surface area contributed by atoms with Gasteiger partial charge in [0.1, 0.15) is 0 Å². The Morgan fingerprint density at radius 1 is 1.10 bits per heavy atom. The minimum Gasteiger partial charge on any atom is -0.351 e. The standard InChI is InChI=1S/C15H23BrN4/c16-13-9-17-15(18-10-13)19-14-5-7-20(8-6-14)11-12-3-1-2-4-12/h9-10,12,14H,1-8,11H2,(H,17,18,19). The molecule has 5 heteroatoms. The highest BCUT2D eigenvalue weighted by Crippen LogP contribution is 2.26. The van der Waals surface area contributed by atoms with Gasteiger partial charge in [0, 0.05) is 38.1 Å². The minimum atomic E-state index is 0.524. The van der Waals surface area contributed by atoms with Crippen LogP contribution in [0.3, 0.4) is 0 Å². The molecule has 110 valence electrons. The summed E-state index contributed by atoms with van der Waals surface area (Å²) in [6.07, 6.45) is 11.8. The average molecular weight is 339 g/mol. The lowest BCUT2D eigenvalue weighted by Crippen LogP contribution is -2.41. The zero-order valence-electron chi connectivity index (χ0n) is 11.9. The quantitative estimate of drug-likeness (QED) is 0.914. The van der Waals surface area contributed by atoms with Crippen LogP contribution in [0.2, 0.25) is 0 Å². The van der Waals surface area contributed by atoms with Crippen molar-refractivity contribution < 1.29 is 0 Å². The Morgan fingerprint density at radius 3 is 2.40 bits per heavy atom. The van der Waals surface area contributed by atoms with E-state index >= 15 is 0 Å². The second-order valence-corrected chi connectivity index (χ2v) is 7.01. The summed E-state index contributed by atoms with van der Waals surface area (Å²) in [6.45, 7) is 3.75. The normalized spacial score (nSPS) is 22.2. The second kappa shape index (κ2) is 6.85. The van der Waals surface area contributed by atoms with Crippen LogP contribution in [0, 0.1) is 5.92 Å². The van der Waals surface area contributed by atoms with Crippen LogP contribution >= 0.6 is 15.9 Å². The number of aromatic nitrogens is 2. The van der Waals surface area contributed by atoms with Gasteiger partial charge in [0.25, 0.3) is 0 Å². The molecular formula is C15H23BrN4. The van der Waals surface area contributed by atoms with Crippen LogP contribution in [0.15, 0.2) is 16.9 Å². The van der Waals surface area contributed by atoms with E-state index in [1.54, 1.807) is 12.4 Å². The van der Waals surface area contributed by atoms with E-state index in [0.29, 0.717) is 6.04 Å². The average Bonchev–Trinajstić information content (AvgIpc) is 2.96. The van der Waals surface area contributed by atoms with E-state index in [9.17, 15) is 0 Å². The van der Waals surface area contributed by atoms with E-state index in [2.05, 4.69) is 36.1 Å². The summed E-state index contributed by atoms with van der Waals surface area (Å²) in [5, 5.41) is 3.45. The molecule has 0 radical (unpaired) electrons. The summed E-state index contributed by atoms with van der Waals surface area (Å²) in [5.74, 6) is 1.72. The van der Waals surface area contributed by atoms with Gasteiger partial charge < -0.3 is 10.2 Å². The van der Waals surface area contributed by atoms with Crippen molar-refractivity contribution in [3.63, 3.8) is 0 Å². The molecule has 1 saturated heterocycles. The third-order valence-corrected chi connectivity index (χ3v) is 4.94. The third kappa shape index (κ3) is 3.92. The van der Waals surface area contributed by atoms with Crippen molar-refractivity contribution in [1.82, 2.24) is 14.9 Å². The van der Waals surface area contributed by atoms with Gasteiger partial charge in [-0.3, -0.25) is 0 Å². The summed E-state index contributed by atoms with van der Waals surface area (Å²) in [5.41, 5.74) is 0. The molecule has 0 spiro atoms. The van der Waals surface area contributed by atoms with Crippen LogP contribution in [0.25, 0.3) is 0 Å². The van der Waals surface area contributed by atoms with Crippen molar-refractivity contribution in [2.45, 2.75) is 44.6 Å². The minimum absolute atomic E-state index is 0.524. The first kappa shape index (κ1) is 14.3. The molecule has 0 atom stereocenters. The van der Waals surface area contributed by atoms with E-state index in [-0.39, 0.29) is 0 Å². The van der Waals surface area contributed by atoms with Gasteiger partial charge in [0.05, 0.1) is 4.47 Å². The fraction of sp³-hybridized carbons (Fsp3) is 0.733. The Hall–Kier alpha value is -0.680. The van der Waals surface area contributed by atoms with Crippen LogP contribution in [0.5, 0.6) is 0 Å². The van der Waals surface area contributed by atoms with Gasteiger partial charge in [-0.25, -0.2) is 9.97 Å². The zero-order valence-corrected chi connectivity index (χ0v) is 13.5. The maximum atomic E-state index is 4.29. The van der Waals surface area contributed by atoms with Crippen LogP contribution in [-0.4, -0.2) is 40.5 Å². The molecular weight excluding hydrogens is 316 g/mol. The highest BCUT2D eigenvalue weighted by atomic mass is 79.9. The maximum absolute atomic E-state index is 4.29. The van der Waals surface area contributed by atoms with Gasteiger partial charge in [-0.15, -0.1) is 0 Å². The monoisotopic (exact) mass is 338 g/mol. The number of rotatable bonds is 4. The topological polar surface area (TPSA) is 41.1 Å². The molecule has 3 rings (SSSR count). The number of piperidine rings is 1. The SMILES string of the molecule is Brc1cnc(NC2CCN(CC3CCCC3)CC2)nc1. The molecule has 1 saturated carbocycles. The van der Waals surface area contributed by atoms with Crippen molar-refractivity contribution in [1.29, 1.82) is 0 Å². The molecule has 0 bridgehead atoms. The molecule has 4 nitrogen and oxygen atoms in total. The first-order valence-electron chi connectivity index (χ1n) is 7.76. The van der Waals surface area contributed by atoms with Crippen LogP contribution in [0.1, 0.15) is 38.5 Å². The molecule has 2 heterocycles. The zero-order chi connectivity index (χ0) is 13.8. The molecule has 1 aromatic heterocycles. The summed E-state index contributed by atoms with van der Waals surface area (Å²) in [7, 11) is 0. The molecule has 2 aliphatic rings. The fourth-order valence-electron chi connectivity index (χ4n) is 3.39. The number of hydrogen-bond acceptors (Lipinski definition) is 4. The summed E-state index contributed by atoms with van der Waals surface area (Å²) in [6, 6.07) is 0.524.